The quantitative estimate of drug-likeness (QED) is 0.798. The Morgan fingerprint density at radius 2 is 2.40 bits per heavy atom. The van der Waals surface area contributed by atoms with Crippen LogP contribution in [0.15, 0.2) is 18.3 Å². The van der Waals surface area contributed by atoms with E-state index < -0.39 is 0 Å². The van der Waals surface area contributed by atoms with Crippen LogP contribution in [0.4, 0.5) is 0 Å². The van der Waals surface area contributed by atoms with E-state index in [1.807, 2.05) is 12.1 Å². The van der Waals surface area contributed by atoms with Crippen molar-refractivity contribution in [3.63, 3.8) is 0 Å². The van der Waals surface area contributed by atoms with E-state index in [1.54, 1.807) is 6.20 Å². The third kappa shape index (κ3) is 2.15. The smallest absolute Gasteiger partial charge is 0.177 e. The van der Waals surface area contributed by atoms with Crippen molar-refractivity contribution in [1.29, 1.82) is 0 Å². The molecule has 0 radical (unpaired) electrons. The van der Waals surface area contributed by atoms with E-state index in [-0.39, 0.29) is 0 Å². The van der Waals surface area contributed by atoms with E-state index in [2.05, 4.69) is 21.9 Å². The second-order valence-corrected chi connectivity index (χ2v) is 3.83. The molecule has 1 unspecified atom stereocenters. The highest BCUT2D eigenvalue weighted by Gasteiger charge is 2.10. The molecule has 0 aromatic carbocycles. The number of imidazole rings is 1. The Hall–Kier alpha value is -1.42. The minimum absolute atomic E-state index is 0.419. The van der Waals surface area contributed by atoms with Crippen LogP contribution >= 0.6 is 0 Å². The Kier molecular flexibility index (Phi) is 2.97. The normalized spacial score (nSPS) is 13.2. The summed E-state index contributed by atoms with van der Waals surface area (Å²) >= 11 is 0. The monoisotopic (exact) mass is 204 g/mol. The Morgan fingerprint density at radius 1 is 1.53 bits per heavy atom. The van der Waals surface area contributed by atoms with E-state index in [1.165, 1.54) is 0 Å². The third-order valence-corrected chi connectivity index (χ3v) is 2.58. The fraction of sp³-hybridized carbons (Fsp3) is 0.455. The lowest BCUT2D eigenvalue weighted by Crippen LogP contribution is -2.02. The number of H-pyrrole nitrogens is 1. The number of nitrogens with zero attached hydrogens (tertiary/aromatic N) is 2. The van der Waals surface area contributed by atoms with Crippen LogP contribution in [-0.4, -0.2) is 21.5 Å². The number of aromatic amines is 1. The number of nitrogens with two attached hydrogens (primary N) is 1. The predicted molar refractivity (Wildman–Crippen MR) is 60.6 cm³/mol. The Bertz CT molecular complexity index is 402. The van der Waals surface area contributed by atoms with Crippen LogP contribution in [0.5, 0.6) is 0 Å². The summed E-state index contributed by atoms with van der Waals surface area (Å²) in [5.41, 5.74) is 7.29. The molecular formula is C11H16N4. The first kappa shape index (κ1) is 10.1. The largest absolute Gasteiger partial charge is 0.340 e. The molecule has 15 heavy (non-hydrogen) atoms. The van der Waals surface area contributed by atoms with Crippen LogP contribution in [-0.2, 0) is 0 Å². The van der Waals surface area contributed by atoms with Gasteiger partial charge in [0.2, 0.25) is 0 Å². The molecule has 3 N–H and O–H groups in total. The molecule has 0 bridgehead atoms. The van der Waals surface area contributed by atoms with Gasteiger partial charge < -0.3 is 10.7 Å². The average molecular weight is 204 g/mol. The minimum Gasteiger partial charge on any atom is -0.340 e. The first-order valence-electron chi connectivity index (χ1n) is 5.32. The van der Waals surface area contributed by atoms with Gasteiger partial charge in [-0.05, 0) is 31.5 Å². The summed E-state index contributed by atoms with van der Waals surface area (Å²) in [7, 11) is 0. The molecule has 80 valence electrons. The summed E-state index contributed by atoms with van der Waals surface area (Å²) in [5.74, 6) is 1.43. The maximum absolute atomic E-state index is 5.49. The first-order valence-corrected chi connectivity index (χ1v) is 5.32. The lowest BCUT2D eigenvalue weighted by molar-refractivity contribution is 0.616. The van der Waals surface area contributed by atoms with E-state index in [4.69, 9.17) is 5.73 Å². The van der Waals surface area contributed by atoms with Crippen molar-refractivity contribution in [2.75, 3.05) is 6.54 Å². The molecule has 2 heterocycles. The van der Waals surface area contributed by atoms with Gasteiger partial charge >= 0.3 is 0 Å². The highest BCUT2D eigenvalue weighted by Crippen LogP contribution is 2.19. The van der Waals surface area contributed by atoms with Gasteiger partial charge in [0.25, 0.3) is 0 Å². The van der Waals surface area contributed by atoms with Crippen LogP contribution in [0.2, 0.25) is 0 Å². The average Bonchev–Trinajstić information content (AvgIpc) is 2.69. The molecule has 2 rings (SSSR count). The van der Waals surface area contributed by atoms with Gasteiger partial charge in [0, 0.05) is 12.1 Å². The van der Waals surface area contributed by atoms with Gasteiger partial charge in [-0.3, -0.25) is 0 Å². The number of aromatic nitrogens is 3. The van der Waals surface area contributed by atoms with E-state index in [0.29, 0.717) is 5.92 Å². The van der Waals surface area contributed by atoms with E-state index >= 15 is 0 Å². The maximum Gasteiger partial charge on any atom is 0.177 e. The van der Waals surface area contributed by atoms with Crippen LogP contribution in [0.1, 0.15) is 31.5 Å². The lowest BCUT2D eigenvalue weighted by Gasteiger charge is -2.05. The van der Waals surface area contributed by atoms with Gasteiger partial charge in [-0.25, -0.2) is 9.97 Å². The lowest BCUT2D eigenvalue weighted by atomic mass is 10.1. The van der Waals surface area contributed by atoms with Crippen LogP contribution in [0.25, 0.3) is 11.2 Å². The fourth-order valence-corrected chi connectivity index (χ4v) is 1.66. The molecule has 4 heteroatoms. The summed E-state index contributed by atoms with van der Waals surface area (Å²) in [6.45, 7) is 2.90. The van der Waals surface area contributed by atoms with E-state index in [0.717, 1.165) is 36.4 Å². The van der Waals surface area contributed by atoms with Crippen molar-refractivity contribution in [3.8, 4) is 0 Å². The predicted octanol–water partition coefficient (Wildman–Crippen LogP) is 1.80. The number of fused-ring (bicyclic) bond motifs is 1. The minimum atomic E-state index is 0.419. The topological polar surface area (TPSA) is 67.6 Å². The summed E-state index contributed by atoms with van der Waals surface area (Å²) in [5, 5.41) is 0. The highest BCUT2D eigenvalue weighted by molar-refractivity contribution is 5.69. The standard InChI is InChI=1S/C11H16N4/c1-8(4-2-6-12)10-14-9-5-3-7-13-11(9)15-10/h3,5,7-8H,2,4,6,12H2,1H3,(H,13,14,15). The van der Waals surface area contributed by atoms with E-state index in [9.17, 15) is 0 Å². The third-order valence-electron chi connectivity index (χ3n) is 2.58. The van der Waals surface area contributed by atoms with Crippen LogP contribution in [0.3, 0.4) is 0 Å². The van der Waals surface area contributed by atoms with Crippen molar-refractivity contribution in [3.05, 3.63) is 24.2 Å². The molecule has 0 aliphatic carbocycles. The Labute approximate surface area is 88.9 Å². The number of nitrogens with one attached hydrogen (secondary N) is 1. The molecular weight excluding hydrogens is 188 g/mol. The van der Waals surface area contributed by atoms with Crippen molar-refractivity contribution in [1.82, 2.24) is 15.0 Å². The van der Waals surface area contributed by atoms with Gasteiger partial charge in [-0.1, -0.05) is 6.92 Å². The van der Waals surface area contributed by atoms with Crippen molar-refractivity contribution < 1.29 is 0 Å². The maximum atomic E-state index is 5.49. The molecule has 0 spiro atoms. The van der Waals surface area contributed by atoms with Gasteiger partial charge in [0.05, 0.1) is 5.52 Å². The van der Waals surface area contributed by atoms with Crippen LogP contribution < -0.4 is 5.73 Å². The molecule has 0 aliphatic rings. The van der Waals surface area contributed by atoms with Gasteiger partial charge in [-0.2, -0.15) is 0 Å². The molecule has 2 aromatic heterocycles. The van der Waals surface area contributed by atoms with Gasteiger partial charge in [-0.15, -0.1) is 0 Å². The SMILES string of the molecule is CC(CCCN)c1nc2ncccc2[nH]1. The summed E-state index contributed by atoms with van der Waals surface area (Å²) in [4.78, 5) is 11.9. The molecule has 4 nitrogen and oxygen atoms in total. The fourth-order valence-electron chi connectivity index (χ4n) is 1.66. The van der Waals surface area contributed by atoms with Crippen LogP contribution in [0, 0.1) is 0 Å². The highest BCUT2D eigenvalue weighted by atomic mass is 15.0. The second-order valence-electron chi connectivity index (χ2n) is 3.83. The second kappa shape index (κ2) is 4.40. The molecule has 0 saturated carbocycles. The Morgan fingerprint density at radius 3 is 3.13 bits per heavy atom. The summed E-state index contributed by atoms with van der Waals surface area (Å²) in [6.07, 6.45) is 3.86. The molecule has 2 aromatic rings. The number of hydrogen-bond donors (Lipinski definition) is 2. The zero-order valence-corrected chi connectivity index (χ0v) is 8.90. The van der Waals surface area contributed by atoms with Crippen molar-refractivity contribution >= 4 is 11.2 Å². The molecule has 1 atom stereocenters. The van der Waals surface area contributed by atoms with Crippen molar-refractivity contribution in [2.45, 2.75) is 25.7 Å². The van der Waals surface area contributed by atoms with Gasteiger partial charge in [0.1, 0.15) is 5.82 Å². The summed E-state index contributed by atoms with van der Waals surface area (Å²) < 4.78 is 0. The molecule has 0 saturated heterocycles. The zero-order chi connectivity index (χ0) is 10.7. The first-order chi connectivity index (χ1) is 7.31. The van der Waals surface area contributed by atoms with Crippen molar-refractivity contribution in [2.24, 2.45) is 5.73 Å². The number of pyridine rings is 1. The molecule has 0 fully saturated rings. The zero-order valence-electron chi connectivity index (χ0n) is 8.90. The molecule has 0 amide bonds. The molecule has 0 aliphatic heterocycles. The summed E-state index contributed by atoms with van der Waals surface area (Å²) in [6, 6.07) is 3.91. The van der Waals surface area contributed by atoms with Gasteiger partial charge in [0.15, 0.2) is 5.65 Å². The number of hydrogen-bond acceptors (Lipinski definition) is 3. The Balaban J connectivity index is 2.20. The number of rotatable bonds is 4.